The number of nitrogens with zero attached hydrogens (tertiary/aromatic N) is 1. The molecule has 0 aliphatic carbocycles. The second-order valence-electron chi connectivity index (χ2n) is 5.93. The standard InChI is InChI=1S/C16H19N3O4/c17-11-4-1-10(2-5-11)3-6-14(21)19-8-7-13-16(19,15(18)22)12(20)9-23-13/h1-2,4-5,13H,3,6-9,17H2,(H2,18,22). The van der Waals surface area contributed by atoms with Crippen LogP contribution in [0.1, 0.15) is 18.4 Å². The number of nitrogens with two attached hydrogens (primary N) is 2. The summed E-state index contributed by atoms with van der Waals surface area (Å²) in [5.74, 6) is -1.49. The number of carbonyl (C=O) groups excluding carboxylic acids is 3. The van der Waals surface area contributed by atoms with E-state index in [0.29, 0.717) is 25.1 Å². The summed E-state index contributed by atoms with van der Waals surface area (Å²) in [6, 6.07) is 7.24. The first kappa shape index (κ1) is 15.5. The molecule has 7 nitrogen and oxygen atoms in total. The van der Waals surface area contributed by atoms with Crippen LogP contribution in [0.2, 0.25) is 0 Å². The number of primary amides is 1. The van der Waals surface area contributed by atoms with Gasteiger partial charge in [0.05, 0.1) is 6.10 Å². The maximum Gasteiger partial charge on any atom is 0.254 e. The minimum atomic E-state index is -1.61. The van der Waals surface area contributed by atoms with Gasteiger partial charge in [0.2, 0.25) is 11.4 Å². The van der Waals surface area contributed by atoms with Crippen LogP contribution >= 0.6 is 0 Å². The monoisotopic (exact) mass is 317 g/mol. The van der Waals surface area contributed by atoms with Gasteiger partial charge in [-0.25, -0.2) is 0 Å². The van der Waals surface area contributed by atoms with Gasteiger partial charge in [0.15, 0.2) is 5.78 Å². The van der Waals surface area contributed by atoms with Gasteiger partial charge in [-0.1, -0.05) is 12.1 Å². The summed E-state index contributed by atoms with van der Waals surface area (Å²) >= 11 is 0. The van der Waals surface area contributed by atoms with Crippen LogP contribution in [-0.2, 0) is 25.5 Å². The quantitative estimate of drug-likeness (QED) is 0.580. The summed E-state index contributed by atoms with van der Waals surface area (Å²) in [6.07, 6.45) is 0.527. The molecule has 2 unspecified atom stereocenters. The Labute approximate surface area is 133 Å². The number of carbonyl (C=O) groups is 3. The topological polar surface area (TPSA) is 116 Å². The molecule has 0 radical (unpaired) electrons. The highest BCUT2D eigenvalue weighted by molar-refractivity contribution is 6.15. The predicted octanol–water partition coefficient (Wildman–Crippen LogP) is -0.374. The fraction of sp³-hybridized carbons (Fsp3) is 0.438. The van der Waals surface area contributed by atoms with E-state index >= 15 is 0 Å². The third-order valence-corrected chi connectivity index (χ3v) is 4.63. The largest absolute Gasteiger partial charge is 0.399 e. The van der Waals surface area contributed by atoms with Crippen LogP contribution in [0.3, 0.4) is 0 Å². The third kappa shape index (κ3) is 2.37. The van der Waals surface area contributed by atoms with Gasteiger partial charge >= 0.3 is 0 Å². The number of hydrogen-bond donors (Lipinski definition) is 2. The Morgan fingerprint density at radius 3 is 2.65 bits per heavy atom. The Kier molecular flexibility index (Phi) is 3.81. The van der Waals surface area contributed by atoms with Gasteiger partial charge in [0, 0.05) is 18.7 Å². The predicted molar refractivity (Wildman–Crippen MR) is 82.2 cm³/mol. The molecule has 2 aliphatic rings. The molecule has 2 aliphatic heterocycles. The second-order valence-corrected chi connectivity index (χ2v) is 5.93. The van der Waals surface area contributed by atoms with E-state index in [1.54, 1.807) is 12.1 Å². The maximum atomic E-state index is 12.6. The maximum absolute atomic E-state index is 12.6. The molecule has 2 fully saturated rings. The van der Waals surface area contributed by atoms with Crippen molar-refractivity contribution in [1.82, 2.24) is 4.90 Å². The Balaban J connectivity index is 1.75. The second kappa shape index (κ2) is 5.66. The lowest BCUT2D eigenvalue weighted by atomic mass is 9.89. The molecule has 0 aromatic heterocycles. The molecular weight excluding hydrogens is 298 g/mol. The van der Waals surface area contributed by atoms with Crippen LogP contribution in [0.5, 0.6) is 0 Å². The van der Waals surface area contributed by atoms with E-state index in [2.05, 4.69) is 0 Å². The lowest BCUT2D eigenvalue weighted by Crippen LogP contribution is -2.63. The van der Waals surface area contributed by atoms with Crippen LogP contribution in [0.4, 0.5) is 5.69 Å². The number of nitrogen functional groups attached to an aromatic ring is 1. The normalized spacial score (nSPS) is 26.3. The molecule has 1 aromatic rings. The van der Waals surface area contributed by atoms with Crippen molar-refractivity contribution in [2.75, 3.05) is 18.9 Å². The zero-order valence-corrected chi connectivity index (χ0v) is 12.7. The summed E-state index contributed by atoms with van der Waals surface area (Å²) in [6.45, 7) is 0.134. The van der Waals surface area contributed by atoms with E-state index < -0.39 is 23.3 Å². The Hall–Kier alpha value is -2.41. The highest BCUT2D eigenvalue weighted by atomic mass is 16.5. The molecule has 23 heavy (non-hydrogen) atoms. The average Bonchev–Trinajstić information content (AvgIpc) is 3.06. The molecule has 4 N–H and O–H groups in total. The van der Waals surface area contributed by atoms with Gasteiger partial charge in [-0.2, -0.15) is 0 Å². The summed E-state index contributed by atoms with van der Waals surface area (Å²) < 4.78 is 5.35. The van der Waals surface area contributed by atoms with Crippen molar-refractivity contribution in [2.24, 2.45) is 5.73 Å². The highest BCUT2D eigenvalue weighted by Crippen LogP contribution is 2.38. The lowest BCUT2D eigenvalue weighted by Gasteiger charge is -2.32. The number of likely N-dealkylation sites (tertiary alicyclic amines) is 1. The Morgan fingerprint density at radius 1 is 1.30 bits per heavy atom. The summed E-state index contributed by atoms with van der Waals surface area (Å²) in [5, 5.41) is 0. The number of ketones is 1. The summed E-state index contributed by atoms with van der Waals surface area (Å²) in [5.41, 5.74) is 11.1. The number of rotatable bonds is 4. The molecule has 0 bridgehead atoms. The van der Waals surface area contributed by atoms with Gasteiger partial charge < -0.3 is 21.1 Å². The molecule has 2 heterocycles. The fourth-order valence-electron chi connectivity index (χ4n) is 3.45. The zero-order chi connectivity index (χ0) is 16.6. The number of Topliss-reactive ketones (excluding diaryl/α,β-unsaturated/α-hetero) is 1. The molecular formula is C16H19N3O4. The minimum absolute atomic E-state index is 0.171. The molecule has 2 amide bonds. The van der Waals surface area contributed by atoms with Gasteiger partial charge in [-0.05, 0) is 30.5 Å². The van der Waals surface area contributed by atoms with E-state index in [4.69, 9.17) is 16.2 Å². The molecule has 122 valence electrons. The molecule has 0 saturated carbocycles. The zero-order valence-electron chi connectivity index (χ0n) is 12.7. The Bertz CT molecular complexity index is 658. The van der Waals surface area contributed by atoms with Gasteiger partial charge in [0.25, 0.3) is 5.91 Å². The summed E-state index contributed by atoms with van der Waals surface area (Å²) in [7, 11) is 0. The van der Waals surface area contributed by atoms with E-state index in [9.17, 15) is 14.4 Å². The molecule has 2 saturated heterocycles. The third-order valence-electron chi connectivity index (χ3n) is 4.63. The number of anilines is 1. The van der Waals surface area contributed by atoms with Crippen LogP contribution < -0.4 is 11.5 Å². The number of ether oxygens (including phenoxy) is 1. The summed E-state index contributed by atoms with van der Waals surface area (Å²) in [4.78, 5) is 38.0. The fourth-order valence-corrected chi connectivity index (χ4v) is 3.45. The molecule has 3 rings (SSSR count). The first-order chi connectivity index (χ1) is 11.0. The number of fused-ring (bicyclic) bond motifs is 1. The van der Waals surface area contributed by atoms with Crippen molar-refractivity contribution < 1.29 is 19.1 Å². The number of benzene rings is 1. The van der Waals surface area contributed by atoms with Crippen LogP contribution in [0.15, 0.2) is 24.3 Å². The average molecular weight is 317 g/mol. The number of hydrogen-bond acceptors (Lipinski definition) is 5. The molecule has 1 aromatic carbocycles. The van der Waals surface area contributed by atoms with Crippen molar-refractivity contribution in [2.45, 2.75) is 30.9 Å². The molecule has 2 atom stereocenters. The Morgan fingerprint density at radius 2 is 2.00 bits per heavy atom. The van der Waals surface area contributed by atoms with Crippen LogP contribution in [0, 0.1) is 0 Å². The molecule has 0 spiro atoms. The van der Waals surface area contributed by atoms with Crippen LogP contribution in [-0.4, -0.2) is 47.3 Å². The first-order valence-electron chi connectivity index (χ1n) is 7.56. The number of aryl methyl sites for hydroxylation is 1. The number of amides is 2. The van der Waals surface area contributed by atoms with Gasteiger partial charge in [-0.15, -0.1) is 0 Å². The van der Waals surface area contributed by atoms with Crippen molar-refractivity contribution >= 4 is 23.3 Å². The smallest absolute Gasteiger partial charge is 0.254 e. The van der Waals surface area contributed by atoms with E-state index in [1.807, 2.05) is 12.1 Å². The van der Waals surface area contributed by atoms with E-state index in [1.165, 1.54) is 4.90 Å². The van der Waals surface area contributed by atoms with E-state index in [0.717, 1.165) is 5.56 Å². The minimum Gasteiger partial charge on any atom is -0.399 e. The van der Waals surface area contributed by atoms with Gasteiger partial charge in [-0.3, -0.25) is 14.4 Å². The van der Waals surface area contributed by atoms with Crippen LogP contribution in [0.25, 0.3) is 0 Å². The molecule has 7 heteroatoms. The highest BCUT2D eigenvalue weighted by Gasteiger charge is 2.64. The van der Waals surface area contributed by atoms with Crippen molar-refractivity contribution in [3.63, 3.8) is 0 Å². The SMILES string of the molecule is NC(=O)C12C(=O)COC1CCN2C(=O)CCc1ccc(N)cc1. The van der Waals surface area contributed by atoms with Gasteiger partial charge in [0.1, 0.15) is 6.61 Å². The first-order valence-corrected chi connectivity index (χ1v) is 7.56. The van der Waals surface area contributed by atoms with Crippen molar-refractivity contribution in [3.8, 4) is 0 Å². The van der Waals surface area contributed by atoms with Crippen molar-refractivity contribution in [3.05, 3.63) is 29.8 Å². The van der Waals surface area contributed by atoms with Crippen molar-refractivity contribution in [1.29, 1.82) is 0 Å². The lowest BCUT2D eigenvalue weighted by molar-refractivity contribution is -0.150. The van der Waals surface area contributed by atoms with E-state index in [-0.39, 0.29) is 18.9 Å².